The molecule has 0 spiro atoms. The molecule has 1 amide bonds. The molecular formula is C24H36N4O6S. The summed E-state index contributed by atoms with van der Waals surface area (Å²) in [5, 5.41) is 13.6. The SMILES string of the molecule is Cc1noc(C)c1S(=O)(=O)N(C)C[C@@H]1Oc2ccc(N(C)C)cc2CC(=O)N([C@H](C)CO)C[C@H]1C. The first-order valence-corrected chi connectivity index (χ1v) is 13.1. The normalized spacial score (nSPS) is 20.0. The summed E-state index contributed by atoms with van der Waals surface area (Å²) in [5.41, 5.74) is 1.93. The molecule has 1 aliphatic heterocycles. The Morgan fingerprint density at radius 3 is 2.51 bits per heavy atom. The summed E-state index contributed by atoms with van der Waals surface area (Å²) in [5.74, 6) is 0.432. The van der Waals surface area contributed by atoms with Gasteiger partial charge in [0.1, 0.15) is 22.4 Å². The van der Waals surface area contributed by atoms with Crippen LogP contribution < -0.4 is 9.64 Å². The lowest BCUT2D eigenvalue weighted by atomic mass is 10.0. The van der Waals surface area contributed by atoms with Gasteiger partial charge in [-0.1, -0.05) is 12.1 Å². The average Bonchev–Trinajstić information content (AvgIpc) is 3.16. The highest BCUT2D eigenvalue weighted by Gasteiger charge is 2.35. The van der Waals surface area contributed by atoms with Gasteiger partial charge in [-0.05, 0) is 39.0 Å². The van der Waals surface area contributed by atoms with Crippen molar-refractivity contribution in [3.63, 3.8) is 0 Å². The zero-order valence-corrected chi connectivity index (χ0v) is 22.3. The third-order valence-corrected chi connectivity index (χ3v) is 8.56. The Hall–Kier alpha value is -2.63. The molecule has 0 radical (unpaired) electrons. The zero-order valence-electron chi connectivity index (χ0n) is 21.5. The fraction of sp³-hybridized carbons (Fsp3) is 0.583. The van der Waals surface area contributed by atoms with E-state index in [2.05, 4.69) is 5.16 Å². The molecule has 11 heteroatoms. The lowest BCUT2D eigenvalue weighted by molar-refractivity contribution is -0.134. The summed E-state index contributed by atoms with van der Waals surface area (Å²) in [6, 6.07) is 5.26. The van der Waals surface area contributed by atoms with Gasteiger partial charge in [0, 0.05) is 44.9 Å². The van der Waals surface area contributed by atoms with Gasteiger partial charge in [0.15, 0.2) is 5.76 Å². The largest absolute Gasteiger partial charge is 0.488 e. The van der Waals surface area contributed by atoms with Gasteiger partial charge in [-0.2, -0.15) is 4.31 Å². The first-order valence-electron chi connectivity index (χ1n) is 11.6. The average molecular weight is 509 g/mol. The molecule has 2 aromatic rings. The molecule has 1 aliphatic rings. The maximum Gasteiger partial charge on any atom is 0.248 e. The summed E-state index contributed by atoms with van der Waals surface area (Å²) in [6.45, 7) is 7.08. The van der Waals surface area contributed by atoms with Crippen LogP contribution in [0, 0.1) is 19.8 Å². The van der Waals surface area contributed by atoms with Gasteiger partial charge in [-0.15, -0.1) is 0 Å². The van der Waals surface area contributed by atoms with E-state index < -0.39 is 16.1 Å². The predicted octanol–water partition coefficient (Wildman–Crippen LogP) is 1.83. The standard InChI is InChI=1S/C24H36N4O6S/c1-15-12-28(16(2)14-29)23(30)11-19-10-20(26(5)6)8-9-21(19)33-22(15)13-27(7)35(31,32)24-17(3)25-34-18(24)4/h8-10,15-16,22,29H,11-14H2,1-7H3/t15-,16-,22+/m1/s1. The third-order valence-electron chi connectivity index (χ3n) is 6.49. The number of amides is 1. The molecular weight excluding hydrogens is 472 g/mol. The highest BCUT2D eigenvalue weighted by Crippen LogP contribution is 2.31. The number of aliphatic hydroxyl groups excluding tert-OH is 1. The van der Waals surface area contributed by atoms with Gasteiger partial charge >= 0.3 is 0 Å². The fourth-order valence-corrected chi connectivity index (χ4v) is 5.73. The Kier molecular flexibility index (Phi) is 8.13. The second kappa shape index (κ2) is 10.5. The van der Waals surface area contributed by atoms with Gasteiger partial charge < -0.3 is 24.2 Å². The smallest absolute Gasteiger partial charge is 0.248 e. The van der Waals surface area contributed by atoms with E-state index in [0.29, 0.717) is 23.6 Å². The number of hydrogen-bond acceptors (Lipinski definition) is 8. The fourth-order valence-electron chi connectivity index (χ4n) is 4.26. The van der Waals surface area contributed by atoms with Crippen molar-refractivity contribution in [1.29, 1.82) is 0 Å². The predicted molar refractivity (Wildman–Crippen MR) is 132 cm³/mol. The van der Waals surface area contributed by atoms with Crippen LogP contribution in [-0.4, -0.2) is 86.8 Å². The van der Waals surface area contributed by atoms with Crippen LogP contribution in [0.1, 0.15) is 30.9 Å². The monoisotopic (exact) mass is 508 g/mol. The second-order valence-corrected chi connectivity index (χ2v) is 11.5. The summed E-state index contributed by atoms with van der Waals surface area (Å²) < 4.78 is 39.4. The minimum atomic E-state index is -3.88. The molecule has 3 atom stereocenters. The van der Waals surface area contributed by atoms with E-state index >= 15 is 0 Å². The van der Waals surface area contributed by atoms with Crippen molar-refractivity contribution in [3.05, 3.63) is 35.2 Å². The topological polar surface area (TPSA) is 116 Å². The molecule has 2 heterocycles. The van der Waals surface area contributed by atoms with Crippen LogP contribution >= 0.6 is 0 Å². The number of benzene rings is 1. The third kappa shape index (κ3) is 5.62. The van der Waals surface area contributed by atoms with Gasteiger partial charge in [0.2, 0.25) is 15.9 Å². The molecule has 194 valence electrons. The van der Waals surface area contributed by atoms with E-state index in [0.717, 1.165) is 5.69 Å². The van der Waals surface area contributed by atoms with Gasteiger partial charge in [-0.3, -0.25) is 4.79 Å². The number of sulfonamides is 1. The summed E-state index contributed by atoms with van der Waals surface area (Å²) in [4.78, 5) is 16.9. The Labute approximate surface area is 207 Å². The number of carbonyl (C=O) groups is 1. The van der Waals surface area contributed by atoms with E-state index in [-0.39, 0.29) is 48.1 Å². The van der Waals surface area contributed by atoms with Crippen LogP contribution in [-0.2, 0) is 21.2 Å². The Balaban J connectivity index is 2.00. The molecule has 1 aromatic heterocycles. The number of nitrogens with zero attached hydrogens (tertiary/aromatic N) is 4. The van der Waals surface area contributed by atoms with E-state index in [4.69, 9.17) is 9.26 Å². The number of aromatic nitrogens is 1. The number of aliphatic hydroxyl groups is 1. The minimum absolute atomic E-state index is 0.0532. The molecule has 0 aliphatic carbocycles. The Morgan fingerprint density at radius 1 is 1.26 bits per heavy atom. The number of aryl methyl sites for hydroxylation is 2. The van der Waals surface area contributed by atoms with Crippen molar-refractivity contribution < 1.29 is 27.6 Å². The molecule has 10 nitrogen and oxygen atoms in total. The molecule has 0 saturated heterocycles. The van der Waals surface area contributed by atoms with E-state index in [1.807, 2.05) is 44.1 Å². The Morgan fingerprint density at radius 2 is 1.94 bits per heavy atom. The molecule has 3 rings (SSSR count). The Bertz CT molecular complexity index is 1140. The number of anilines is 1. The van der Waals surface area contributed by atoms with Crippen LogP contribution in [0.2, 0.25) is 0 Å². The van der Waals surface area contributed by atoms with Gasteiger partial charge in [0.25, 0.3) is 0 Å². The van der Waals surface area contributed by atoms with Crippen molar-refractivity contribution in [2.75, 3.05) is 45.7 Å². The van der Waals surface area contributed by atoms with Crippen LogP contribution in [0.3, 0.4) is 0 Å². The van der Waals surface area contributed by atoms with Crippen molar-refractivity contribution in [2.24, 2.45) is 5.92 Å². The quantitative estimate of drug-likeness (QED) is 0.602. The first-order chi connectivity index (χ1) is 16.4. The van der Waals surface area contributed by atoms with Crippen molar-refractivity contribution in [1.82, 2.24) is 14.4 Å². The van der Waals surface area contributed by atoms with Crippen LogP contribution in [0.15, 0.2) is 27.6 Å². The molecule has 35 heavy (non-hydrogen) atoms. The zero-order chi connectivity index (χ0) is 26.1. The number of rotatable bonds is 7. The van der Waals surface area contributed by atoms with E-state index in [1.165, 1.54) is 11.4 Å². The number of carbonyl (C=O) groups excluding carboxylic acids is 1. The van der Waals surface area contributed by atoms with Crippen molar-refractivity contribution >= 4 is 21.6 Å². The van der Waals surface area contributed by atoms with Crippen molar-refractivity contribution in [3.8, 4) is 5.75 Å². The maximum atomic E-state index is 13.3. The molecule has 0 saturated carbocycles. The first kappa shape index (κ1) is 27.0. The van der Waals surface area contributed by atoms with Crippen LogP contribution in [0.25, 0.3) is 0 Å². The minimum Gasteiger partial charge on any atom is -0.488 e. The van der Waals surface area contributed by atoms with Crippen LogP contribution in [0.5, 0.6) is 5.75 Å². The van der Waals surface area contributed by atoms with Crippen LogP contribution in [0.4, 0.5) is 5.69 Å². The van der Waals surface area contributed by atoms with Crippen molar-refractivity contribution in [2.45, 2.75) is 51.2 Å². The number of likely N-dealkylation sites (N-methyl/N-ethyl adjacent to an activating group) is 1. The molecule has 0 unspecified atom stereocenters. The lowest BCUT2D eigenvalue weighted by Gasteiger charge is -2.33. The highest BCUT2D eigenvalue weighted by atomic mass is 32.2. The number of hydrogen-bond donors (Lipinski definition) is 1. The molecule has 0 fully saturated rings. The van der Waals surface area contributed by atoms with Gasteiger partial charge in [-0.25, -0.2) is 8.42 Å². The summed E-state index contributed by atoms with van der Waals surface area (Å²) in [6.07, 6.45) is -0.438. The molecule has 0 bridgehead atoms. The summed E-state index contributed by atoms with van der Waals surface area (Å²) in [7, 11) is 1.45. The summed E-state index contributed by atoms with van der Waals surface area (Å²) >= 11 is 0. The maximum absolute atomic E-state index is 13.3. The second-order valence-electron chi connectivity index (χ2n) is 9.51. The number of ether oxygens (including phenoxy) is 1. The lowest BCUT2D eigenvalue weighted by Crippen LogP contribution is -2.48. The van der Waals surface area contributed by atoms with E-state index in [1.54, 1.807) is 25.7 Å². The van der Waals surface area contributed by atoms with Gasteiger partial charge in [0.05, 0.1) is 25.6 Å². The highest BCUT2D eigenvalue weighted by molar-refractivity contribution is 7.89. The number of fused-ring (bicyclic) bond motifs is 1. The molecule has 1 aromatic carbocycles. The molecule has 1 N–H and O–H groups in total. The van der Waals surface area contributed by atoms with E-state index in [9.17, 15) is 18.3 Å².